The van der Waals surface area contributed by atoms with Gasteiger partial charge < -0.3 is 20.0 Å². The molecule has 2 N–H and O–H groups in total. The number of benzene rings is 1. The van der Waals surface area contributed by atoms with Gasteiger partial charge in [0.1, 0.15) is 5.58 Å². The summed E-state index contributed by atoms with van der Waals surface area (Å²) in [5.74, 6) is 0.400. The van der Waals surface area contributed by atoms with Gasteiger partial charge in [-0.05, 0) is 56.9 Å². The number of anilines is 1. The molecule has 0 saturated carbocycles. The first kappa shape index (κ1) is 24.1. The first-order valence-electron chi connectivity index (χ1n) is 11.8. The van der Waals surface area contributed by atoms with E-state index in [9.17, 15) is 14.4 Å². The van der Waals surface area contributed by atoms with Crippen molar-refractivity contribution in [3.63, 3.8) is 0 Å². The number of hydrogen-bond donors (Lipinski definition) is 2. The zero-order valence-corrected chi connectivity index (χ0v) is 20.2. The van der Waals surface area contributed by atoms with Gasteiger partial charge in [-0.15, -0.1) is 11.3 Å². The van der Waals surface area contributed by atoms with Crippen LogP contribution < -0.4 is 16.3 Å². The van der Waals surface area contributed by atoms with E-state index in [4.69, 9.17) is 4.42 Å². The summed E-state index contributed by atoms with van der Waals surface area (Å²) in [5.41, 5.74) is 0.822. The average Bonchev–Trinajstić information content (AvgIpc) is 3.29. The molecular formula is C25H30N4O4S. The van der Waals surface area contributed by atoms with Crippen LogP contribution in [0.5, 0.6) is 0 Å². The van der Waals surface area contributed by atoms with Crippen molar-refractivity contribution in [3.8, 4) is 11.3 Å². The summed E-state index contributed by atoms with van der Waals surface area (Å²) in [6, 6.07) is 8.99. The van der Waals surface area contributed by atoms with Crippen molar-refractivity contribution >= 4 is 39.3 Å². The van der Waals surface area contributed by atoms with Crippen molar-refractivity contribution in [1.29, 1.82) is 0 Å². The monoisotopic (exact) mass is 482 g/mol. The van der Waals surface area contributed by atoms with Gasteiger partial charge in [-0.1, -0.05) is 25.1 Å². The first-order chi connectivity index (χ1) is 16.5. The number of hydrogen-bond acceptors (Lipinski definition) is 7. The molecule has 0 bridgehead atoms. The molecule has 9 heteroatoms. The molecule has 0 radical (unpaired) electrons. The Kier molecular flexibility index (Phi) is 8.08. The Morgan fingerprint density at radius 1 is 1.18 bits per heavy atom. The zero-order valence-electron chi connectivity index (χ0n) is 19.3. The van der Waals surface area contributed by atoms with Gasteiger partial charge in [0.05, 0.1) is 11.3 Å². The van der Waals surface area contributed by atoms with Crippen molar-refractivity contribution in [2.45, 2.75) is 39.0 Å². The predicted molar refractivity (Wildman–Crippen MR) is 134 cm³/mol. The van der Waals surface area contributed by atoms with E-state index in [0.717, 1.165) is 37.4 Å². The van der Waals surface area contributed by atoms with Crippen LogP contribution in [0.4, 0.5) is 5.13 Å². The van der Waals surface area contributed by atoms with Crippen LogP contribution in [0.2, 0.25) is 0 Å². The maximum atomic E-state index is 12.3. The number of para-hydroxylation sites is 1. The number of fused-ring (bicyclic) bond motifs is 1. The van der Waals surface area contributed by atoms with E-state index < -0.39 is 5.63 Å². The molecule has 2 aromatic heterocycles. The molecule has 34 heavy (non-hydrogen) atoms. The van der Waals surface area contributed by atoms with Crippen molar-refractivity contribution in [2.24, 2.45) is 5.92 Å². The highest BCUT2D eigenvalue weighted by atomic mass is 32.1. The van der Waals surface area contributed by atoms with E-state index in [2.05, 4.69) is 27.4 Å². The lowest BCUT2D eigenvalue weighted by Gasteiger charge is -2.30. The molecule has 1 aromatic carbocycles. The Morgan fingerprint density at radius 3 is 2.76 bits per heavy atom. The summed E-state index contributed by atoms with van der Waals surface area (Å²) >= 11 is 1.22. The van der Waals surface area contributed by atoms with Crippen molar-refractivity contribution < 1.29 is 14.0 Å². The molecule has 1 saturated heterocycles. The molecule has 0 spiro atoms. The zero-order chi connectivity index (χ0) is 23.9. The topological polar surface area (TPSA) is 105 Å². The predicted octanol–water partition coefficient (Wildman–Crippen LogP) is 3.87. The van der Waals surface area contributed by atoms with Gasteiger partial charge >= 0.3 is 5.63 Å². The van der Waals surface area contributed by atoms with Crippen LogP contribution in [0, 0.1) is 5.92 Å². The fourth-order valence-electron chi connectivity index (χ4n) is 4.01. The number of rotatable bonds is 9. The third kappa shape index (κ3) is 6.51. The van der Waals surface area contributed by atoms with Gasteiger partial charge in [-0.25, -0.2) is 9.78 Å². The van der Waals surface area contributed by atoms with E-state index in [0.29, 0.717) is 28.5 Å². The second kappa shape index (κ2) is 11.4. The number of thiazole rings is 1. The molecule has 1 aliphatic heterocycles. The minimum atomic E-state index is -0.478. The second-order valence-corrected chi connectivity index (χ2v) is 9.66. The van der Waals surface area contributed by atoms with Gasteiger partial charge in [0.25, 0.3) is 0 Å². The van der Waals surface area contributed by atoms with E-state index in [-0.39, 0.29) is 24.7 Å². The van der Waals surface area contributed by atoms with Crippen LogP contribution in [0.3, 0.4) is 0 Å². The fourth-order valence-corrected chi connectivity index (χ4v) is 4.74. The van der Waals surface area contributed by atoms with Crippen LogP contribution in [-0.4, -0.2) is 47.9 Å². The van der Waals surface area contributed by atoms with Gasteiger partial charge in [-0.2, -0.15) is 0 Å². The number of aromatic nitrogens is 1. The summed E-state index contributed by atoms with van der Waals surface area (Å²) in [6.45, 7) is 6.19. The maximum Gasteiger partial charge on any atom is 0.345 e. The fraction of sp³-hybridized carbons (Fsp3) is 0.440. The smallest absolute Gasteiger partial charge is 0.345 e. The minimum Gasteiger partial charge on any atom is -0.422 e. The first-order valence-corrected chi connectivity index (χ1v) is 12.6. The Balaban J connectivity index is 1.19. The number of amides is 2. The van der Waals surface area contributed by atoms with Crippen LogP contribution >= 0.6 is 11.3 Å². The Bertz CT molecular complexity index is 1200. The van der Waals surface area contributed by atoms with E-state index in [1.165, 1.54) is 24.2 Å². The Labute approximate surface area is 202 Å². The molecule has 1 fully saturated rings. The summed E-state index contributed by atoms with van der Waals surface area (Å²) in [6.07, 6.45) is 3.61. The highest BCUT2D eigenvalue weighted by Crippen LogP contribution is 2.25. The molecule has 3 aromatic rings. The van der Waals surface area contributed by atoms with Crippen molar-refractivity contribution in [1.82, 2.24) is 15.2 Å². The molecular weight excluding hydrogens is 452 g/mol. The van der Waals surface area contributed by atoms with Crippen LogP contribution in [0.15, 0.2) is 44.9 Å². The lowest BCUT2D eigenvalue weighted by molar-refractivity contribution is -0.124. The average molecular weight is 483 g/mol. The number of likely N-dealkylation sites (tertiary alicyclic amines) is 1. The lowest BCUT2D eigenvalue weighted by Crippen LogP contribution is -2.35. The summed E-state index contributed by atoms with van der Waals surface area (Å²) in [7, 11) is 0. The summed E-state index contributed by atoms with van der Waals surface area (Å²) < 4.78 is 5.36. The second-order valence-electron chi connectivity index (χ2n) is 8.80. The number of carbonyl (C=O) groups excluding carboxylic acids is 2. The summed E-state index contributed by atoms with van der Waals surface area (Å²) in [5, 5.41) is 8.48. The van der Waals surface area contributed by atoms with E-state index in [1.807, 2.05) is 12.1 Å². The molecule has 1 aliphatic rings. The highest BCUT2D eigenvalue weighted by Gasteiger charge is 2.16. The van der Waals surface area contributed by atoms with Gasteiger partial charge in [-0.3, -0.25) is 9.59 Å². The number of carbonyl (C=O) groups is 2. The quantitative estimate of drug-likeness (QED) is 0.354. The summed E-state index contributed by atoms with van der Waals surface area (Å²) in [4.78, 5) is 43.4. The molecule has 180 valence electrons. The number of nitrogens with one attached hydrogen (secondary N) is 2. The van der Waals surface area contributed by atoms with Gasteiger partial charge in [0.15, 0.2) is 5.13 Å². The molecule has 8 nitrogen and oxygen atoms in total. The van der Waals surface area contributed by atoms with Crippen molar-refractivity contribution in [3.05, 3.63) is 46.1 Å². The standard InChI is InChI=1S/C25H30N4O4S/c1-17-9-13-29(14-10-17)12-4-11-26-22(30)7-8-23(31)28-25-27-20(16-34-25)19-15-18-5-2-3-6-21(18)33-24(19)32/h2-3,5-6,15-17H,4,7-14H2,1H3,(H,26,30)(H,27,28,31). The Morgan fingerprint density at radius 2 is 1.94 bits per heavy atom. The molecule has 0 atom stereocenters. The molecule has 2 amide bonds. The number of nitrogens with zero attached hydrogens (tertiary/aromatic N) is 2. The minimum absolute atomic E-state index is 0.0723. The third-order valence-electron chi connectivity index (χ3n) is 6.10. The van der Waals surface area contributed by atoms with Crippen molar-refractivity contribution in [2.75, 3.05) is 31.5 Å². The Hall–Kier alpha value is -3.04. The van der Waals surface area contributed by atoms with E-state index in [1.54, 1.807) is 23.6 Å². The molecule has 0 aliphatic carbocycles. The molecule has 3 heterocycles. The van der Waals surface area contributed by atoms with Crippen LogP contribution in [0.25, 0.3) is 22.2 Å². The van der Waals surface area contributed by atoms with Gasteiger partial charge in [0.2, 0.25) is 11.8 Å². The lowest BCUT2D eigenvalue weighted by atomic mass is 9.99. The maximum absolute atomic E-state index is 12.3. The van der Waals surface area contributed by atoms with Crippen LogP contribution in [-0.2, 0) is 9.59 Å². The van der Waals surface area contributed by atoms with Gasteiger partial charge in [0, 0.05) is 30.2 Å². The van der Waals surface area contributed by atoms with Crippen LogP contribution in [0.1, 0.15) is 39.0 Å². The van der Waals surface area contributed by atoms with E-state index >= 15 is 0 Å². The molecule has 4 rings (SSSR count). The third-order valence-corrected chi connectivity index (χ3v) is 6.85. The molecule has 0 unspecified atom stereocenters. The highest BCUT2D eigenvalue weighted by molar-refractivity contribution is 7.14. The number of piperidine rings is 1. The largest absolute Gasteiger partial charge is 0.422 e. The normalized spacial score (nSPS) is 14.9. The SMILES string of the molecule is CC1CCN(CCCNC(=O)CCC(=O)Nc2nc(-c3cc4ccccc4oc3=O)cs2)CC1.